The maximum Gasteiger partial charge on any atom is 0.248 e. The molecule has 0 bridgehead atoms. The van der Waals surface area contributed by atoms with Crippen molar-refractivity contribution >= 4 is 29.2 Å². The van der Waals surface area contributed by atoms with E-state index in [-0.39, 0.29) is 12.5 Å². The number of hydrogen-bond donors (Lipinski definition) is 1. The Bertz CT molecular complexity index is 1030. The molecule has 3 heterocycles. The lowest BCUT2D eigenvalue weighted by Crippen LogP contribution is -2.50. The van der Waals surface area contributed by atoms with Crippen LogP contribution in [-0.4, -0.2) is 52.3 Å². The second-order valence-electron chi connectivity index (χ2n) is 6.57. The molecule has 8 heteroatoms. The molecule has 29 heavy (non-hydrogen) atoms. The third-order valence-electron chi connectivity index (χ3n) is 4.62. The van der Waals surface area contributed by atoms with Crippen molar-refractivity contribution in [1.82, 2.24) is 14.7 Å². The van der Waals surface area contributed by atoms with Crippen LogP contribution in [0.1, 0.15) is 5.56 Å². The van der Waals surface area contributed by atoms with Crippen LogP contribution in [0, 0.1) is 0 Å². The molecule has 3 aromatic rings. The Labute approximate surface area is 172 Å². The molecule has 0 saturated carbocycles. The van der Waals surface area contributed by atoms with Crippen LogP contribution in [0.2, 0.25) is 0 Å². The summed E-state index contributed by atoms with van der Waals surface area (Å²) in [5.41, 5.74) is 7.88. The summed E-state index contributed by atoms with van der Waals surface area (Å²) in [5.74, 6) is -0.750. The van der Waals surface area contributed by atoms with Crippen molar-refractivity contribution < 1.29 is 14.3 Å². The van der Waals surface area contributed by atoms with E-state index in [1.165, 1.54) is 6.08 Å². The molecule has 1 aromatic carbocycles. The standard InChI is InChI=1S/C21H20N4O3S/c22-21(27)17-14-24(10-11-28-17)19(26)9-8-15-13-25(16-5-2-1-3-6-16)23-20(15)18-7-4-12-29-18/h1-9,12-13,17H,10-11,14H2,(H2,22,27). The van der Waals surface area contributed by atoms with Gasteiger partial charge in [-0.25, -0.2) is 4.68 Å². The van der Waals surface area contributed by atoms with E-state index < -0.39 is 12.0 Å². The van der Waals surface area contributed by atoms with Crippen LogP contribution < -0.4 is 5.73 Å². The highest BCUT2D eigenvalue weighted by molar-refractivity contribution is 7.13. The van der Waals surface area contributed by atoms with E-state index in [1.54, 1.807) is 27.0 Å². The number of benzene rings is 1. The van der Waals surface area contributed by atoms with Gasteiger partial charge in [0.25, 0.3) is 0 Å². The summed E-state index contributed by atoms with van der Waals surface area (Å²) < 4.78 is 7.10. The first kappa shape index (κ1) is 19.1. The second-order valence-corrected chi connectivity index (χ2v) is 7.52. The Morgan fingerprint density at radius 3 is 2.76 bits per heavy atom. The number of aromatic nitrogens is 2. The number of primary amides is 1. The predicted molar refractivity (Wildman–Crippen MR) is 111 cm³/mol. The highest BCUT2D eigenvalue weighted by Crippen LogP contribution is 2.28. The maximum absolute atomic E-state index is 12.6. The van der Waals surface area contributed by atoms with Gasteiger partial charge in [0.2, 0.25) is 11.8 Å². The van der Waals surface area contributed by atoms with Crippen LogP contribution in [0.3, 0.4) is 0 Å². The molecular formula is C21H20N4O3S. The third-order valence-corrected chi connectivity index (χ3v) is 5.50. The number of carbonyl (C=O) groups is 2. The number of carbonyl (C=O) groups excluding carboxylic acids is 2. The van der Waals surface area contributed by atoms with Crippen LogP contribution in [0.4, 0.5) is 0 Å². The van der Waals surface area contributed by atoms with Crippen molar-refractivity contribution in [3.05, 3.63) is 65.7 Å². The van der Waals surface area contributed by atoms with Gasteiger partial charge in [-0.05, 0) is 29.7 Å². The summed E-state index contributed by atoms with van der Waals surface area (Å²) in [6.45, 7) is 0.882. The van der Waals surface area contributed by atoms with Gasteiger partial charge < -0.3 is 15.4 Å². The van der Waals surface area contributed by atoms with Crippen molar-refractivity contribution in [2.45, 2.75) is 6.10 Å². The molecular weight excluding hydrogens is 388 g/mol. The van der Waals surface area contributed by atoms with Crippen molar-refractivity contribution in [3.63, 3.8) is 0 Å². The first-order valence-corrected chi connectivity index (χ1v) is 10.1. The first-order chi connectivity index (χ1) is 14.1. The predicted octanol–water partition coefficient (Wildman–Crippen LogP) is 2.33. The molecule has 1 aliphatic rings. The Balaban J connectivity index is 1.59. The van der Waals surface area contributed by atoms with E-state index in [0.717, 1.165) is 21.8 Å². The van der Waals surface area contributed by atoms with Crippen molar-refractivity contribution in [2.24, 2.45) is 5.73 Å². The third kappa shape index (κ3) is 4.28. The molecule has 2 aromatic heterocycles. The molecule has 2 N–H and O–H groups in total. The summed E-state index contributed by atoms with van der Waals surface area (Å²) in [5, 5.41) is 6.71. The number of nitrogens with two attached hydrogens (primary N) is 1. The van der Waals surface area contributed by atoms with Crippen LogP contribution >= 0.6 is 11.3 Å². The SMILES string of the molecule is NC(=O)C1CN(C(=O)C=Cc2cn(-c3ccccc3)nc2-c2cccs2)CCO1. The van der Waals surface area contributed by atoms with Crippen molar-refractivity contribution in [3.8, 4) is 16.3 Å². The number of hydrogen-bond acceptors (Lipinski definition) is 5. The number of ether oxygens (including phenoxy) is 1. The lowest BCUT2D eigenvalue weighted by molar-refractivity contribution is -0.142. The summed E-state index contributed by atoms with van der Waals surface area (Å²) >= 11 is 1.59. The summed E-state index contributed by atoms with van der Waals surface area (Å²) in [7, 11) is 0. The number of nitrogens with zero attached hydrogens (tertiary/aromatic N) is 3. The first-order valence-electron chi connectivity index (χ1n) is 9.18. The van der Waals surface area contributed by atoms with E-state index in [1.807, 2.05) is 54.0 Å². The molecule has 2 amide bonds. The van der Waals surface area contributed by atoms with Crippen LogP contribution in [0.25, 0.3) is 22.3 Å². The monoisotopic (exact) mass is 408 g/mol. The number of morpholine rings is 1. The van der Waals surface area contributed by atoms with Crippen molar-refractivity contribution in [1.29, 1.82) is 0 Å². The van der Waals surface area contributed by atoms with Gasteiger partial charge >= 0.3 is 0 Å². The second kappa shape index (κ2) is 8.42. The molecule has 1 unspecified atom stereocenters. The highest BCUT2D eigenvalue weighted by Gasteiger charge is 2.26. The summed E-state index contributed by atoms with van der Waals surface area (Å²) in [4.78, 5) is 26.6. The summed E-state index contributed by atoms with van der Waals surface area (Å²) in [6.07, 6.45) is 4.41. The smallest absolute Gasteiger partial charge is 0.248 e. The number of rotatable bonds is 5. The zero-order chi connectivity index (χ0) is 20.2. The maximum atomic E-state index is 12.6. The minimum atomic E-state index is -0.761. The van der Waals surface area contributed by atoms with Gasteiger partial charge in [0.15, 0.2) is 6.10 Å². The number of amides is 2. The topological polar surface area (TPSA) is 90.5 Å². The van der Waals surface area contributed by atoms with Crippen molar-refractivity contribution in [2.75, 3.05) is 19.7 Å². The zero-order valence-corrected chi connectivity index (χ0v) is 16.4. The minimum absolute atomic E-state index is 0.166. The lowest BCUT2D eigenvalue weighted by Gasteiger charge is -2.30. The molecule has 1 fully saturated rings. The van der Waals surface area contributed by atoms with Gasteiger partial charge in [0.1, 0.15) is 5.69 Å². The Kier molecular flexibility index (Phi) is 5.55. The molecule has 1 atom stereocenters. The summed E-state index contributed by atoms with van der Waals surface area (Å²) in [6, 6.07) is 13.8. The van der Waals surface area contributed by atoms with Gasteiger partial charge in [-0.15, -0.1) is 11.3 Å². The highest BCUT2D eigenvalue weighted by atomic mass is 32.1. The number of para-hydroxylation sites is 1. The Morgan fingerprint density at radius 2 is 2.03 bits per heavy atom. The molecule has 148 valence electrons. The fraction of sp³-hybridized carbons (Fsp3) is 0.190. The van der Waals surface area contributed by atoms with Crippen LogP contribution in [-0.2, 0) is 14.3 Å². The van der Waals surface area contributed by atoms with Crippen LogP contribution in [0.5, 0.6) is 0 Å². The fourth-order valence-electron chi connectivity index (χ4n) is 3.12. The van der Waals surface area contributed by atoms with E-state index in [0.29, 0.717) is 13.2 Å². The average molecular weight is 408 g/mol. The molecule has 1 aliphatic heterocycles. The molecule has 7 nitrogen and oxygen atoms in total. The Hall–Kier alpha value is -3.23. The molecule has 4 rings (SSSR count). The van der Waals surface area contributed by atoms with Gasteiger partial charge in [0, 0.05) is 24.4 Å². The largest absolute Gasteiger partial charge is 0.367 e. The van der Waals surface area contributed by atoms with E-state index >= 15 is 0 Å². The van der Waals surface area contributed by atoms with E-state index in [4.69, 9.17) is 15.6 Å². The van der Waals surface area contributed by atoms with E-state index in [9.17, 15) is 9.59 Å². The van der Waals surface area contributed by atoms with E-state index in [2.05, 4.69) is 0 Å². The van der Waals surface area contributed by atoms with Gasteiger partial charge in [0.05, 0.1) is 23.7 Å². The van der Waals surface area contributed by atoms with Gasteiger partial charge in [-0.2, -0.15) is 5.10 Å². The minimum Gasteiger partial charge on any atom is -0.367 e. The lowest BCUT2D eigenvalue weighted by atomic mass is 10.2. The van der Waals surface area contributed by atoms with Gasteiger partial charge in [-0.3, -0.25) is 9.59 Å². The molecule has 0 radical (unpaired) electrons. The van der Waals surface area contributed by atoms with Crippen LogP contribution in [0.15, 0.2) is 60.1 Å². The fourth-order valence-corrected chi connectivity index (χ4v) is 3.85. The molecule has 0 aliphatic carbocycles. The molecule has 1 saturated heterocycles. The van der Waals surface area contributed by atoms with Gasteiger partial charge in [-0.1, -0.05) is 24.3 Å². The number of thiophene rings is 1. The quantitative estimate of drug-likeness (QED) is 0.656. The average Bonchev–Trinajstić information content (AvgIpc) is 3.42. The molecule has 0 spiro atoms. The zero-order valence-electron chi connectivity index (χ0n) is 15.6. The normalized spacial score (nSPS) is 17.0. The Morgan fingerprint density at radius 1 is 1.21 bits per heavy atom.